The summed E-state index contributed by atoms with van der Waals surface area (Å²) in [6, 6.07) is 7.45. The van der Waals surface area contributed by atoms with Gasteiger partial charge in [0.15, 0.2) is 5.78 Å². The lowest BCUT2D eigenvalue weighted by atomic mass is 9.76. The SMILES string of the molecule is CC(=O)c1ccc(OCC2(CBr)CCCCC2)cc1. The van der Waals surface area contributed by atoms with Gasteiger partial charge in [-0.1, -0.05) is 35.2 Å². The van der Waals surface area contributed by atoms with Crippen molar-refractivity contribution in [3.63, 3.8) is 0 Å². The summed E-state index contributed by atoms with van der Waals surface area (Å²) in [4.78, 5) is 11.2. The van der Waals surface area contributed by atoms with Gasteiger partial charge in [-0.2, -0.15) is 0 Å². The first-order valence-electron chi connectivity index (χ1n) is 6.95. The van der Waals surface area contributed by atoms with E-state index in [9.17, 15) is 4.79 Å². The zero-order chi connectivity index (χ0) is 13.7. The number of halogens is 1. The molecule has 0 saturated heterocycles. The van der Waals surface area contributed by atoms with Gasteiger partial charge in [-0.15, -0.1) is 0 Å². The topological polar surface area (TPSA) is 26.3 Å². The van der Waals surface area contributed by atoms with Crippen LogP contribution in [-0.4, -0.2) is 17.7 Å². The smallest absolute Gasteiger partial charge is 0.159 e. The molecular formula is C16H21BrO2. The molecule has 0 radical (unpaired) electrons. The molecule has 1 aliphatic carbocycles. The van der Waals surface area contributed by atoms with Crippen LogP contribution in [0.2, 0.25) is 0 Å². The Hall–Kier alpha value is -0.830. The van der Waals surface area contributed by atoms with Gasteiger partial charge >= 0.3 is 0 Å². The molecule has 0 amide bonds. The van der Waals surface area contributed by atoms with Gasteiger partial charge in [0.2, 0.25) is 0 Å². The number of alkyl halides is 1. The molecule has 1 aromatic carbocycles. The highest BCUT2D eigenvalue weighted by molar-refractivity contribution is 9.09. The van der Waals surface area contributed by atoms with Crippen LogP contribution in [0.1, 0.15) is 49.4 Å². The highest BCUT2D eigenvalue weighted by Crippen LogP contribution is 2.38. The number of rotatable bonds is 5. The predicted octanol–water partition coefficient (Wildman–Crippen LogP) is 4.61. The molecule has 0 aromatic heterocycles. The number of benzene rings is 1. The Morgan fingerprint density at radius 1 is 1.21 bits per heavy atom. The van der Waals surface area contributed by atoms with Crippen molar-refractivity contribution >= 4 is 21.7 Å². The summed E-state index contributed by atoms with van der Waals surface area (Å²) in [6.07, 6.45) is 6.44. The summed E-state index contributed by atoms with van der Waals surface area (Å²) in [7, 11) is 0. The van der Waals surface area contributed by atoms with Crippen molar-refractivity contribution in [3.05, 3.63) is 29.8 Å². The third-order valence-corrected chi connectivity index (χ3v) is 5.19. The fourth-order valence-electron chi connectivity index (χ4n) is 2.64. The van der Waals surface area contributed by atoms with Crippen molar-refractivity contribution in [2.75, 3.05) is 11.9 Å². The number of carbonyl (C=O) groups is 1. The number of hydrogen-bond donors (Lipinski definition) is 0. The number of Topliss-reactive ketones (excluding diaryl/α,β-unsaturated/α-hetero) is 1. The van der Waals surface area contributed by atoms with Crippen molar-refractivity contribution in [1.29, 1.82) is 0 Å². The van der Waals surface area contributed by atoms with E-state index in [1.54, 1.807) is 6.92 Å². The summed E-state index contributed by atoms with van der Waals surface area (Å²) in [5.74, 6) is 0.951. The van der Waals surface area contributed by atoms with E-state index in [0.717, 1.165) is 23.2 Å². The lowest BCUT2D eigenvalue weighted by Gasteiger charge is -2.35. The standard InChI is InChI=1S/C16H21BrO2/c1-13(18)14-5-7-15(8-6-14)19-12-16(11-17)9-3-2-4-10-16/h5-8H,2-4,9-12H2,1H3. The van der Waals surface area contributed by atoms with Gasteiger partial charge in [0.25, 0.3) is 0 Å². The Morgan fingerprint density at radius 2 is 1.84 bits per heavy atom. The number of ketones is 1. The molecular weight excluding hydrogens is 304 g/mol. The summed E-state index contributed by atoms with van der Waals surface area (Å²) < 4.78 is 5.93. The molecule has 0 heterocycles. The number of ether oxygens (including phenoxy) is 1. The monoisotopic (exact) mass is 324 g/mol. The minimum absolute atomic E-state index is 0.0933. The van der Waals surface area contributed by atoms with Gasteiger partial charge in [0.1, 0.15) is 5.75 Å². The molecule has 1 aromatic rings. The first-order valence-corrected chi connectivity index (χ1v) is 8.07. The Labute approximate surface area is 123 Å². The minimum atomic E-state index is 0.0933. The maximum Gasteiger partial charge on any atom is 0.159 e. The average molecular weight is 325 g/mol. The van der Waals surface area contributed by atoms with Crippen LogP contribution in [-0.2, 0) is 0 Å². The lowest BCUT2D eigenvalue weighted by Crippen LogP contribution is -2.32. The predicted molar refractivity (Wildman–Crippen MR) is 81.3 cm³/mol. The quantitative estimate of drug-likeness (QED) is 0.583. The van der Waals surface area contributed by atoms with Gasteiger partial charge in [-0.05, 0) is 44.0 Å². The lowest BCUT2D eigenvalue weighted by molar-refractivity contribution is 0.101. The Balaban J connectivity index is 1.95. The molecule has 0 aliphatic heterocycles. The molecule has 0 spiro atoms. The van der Waals surface area contributed by atoms with Crippen LogP contribution in [0.15, 0.2) is 24.3 Å². The summed E-state index contributed by atoms with van der Waals surface area (Å²) in [5.41, 5.74) is 1.03. The van der Waals surface area contributed by atoms with Gasteiger partial charge < -0.3 is 4.74 Å². The van der Waals surface area contributed by atoms with Crippen LogP contribution in [0, 0.1) is 5.41 Å². The Morgan fingerprint density at radius 3 is 2.37 bits per heavy atom. The second-order valence-electron chi connectivity index (χ2n) is 5.56. The van der Waals surface area contributed by atoms with Gasteiger partial charge in [-0.3, -0.25) is 4.79 Å². The summed E-state index contributed by atoms with van der Waals surface area (Å²) >= 11 is 3.65. The first kappa shape index (κ1) is 14.6. The van der Waals surface area contributed by atoms with Crippen LogP contribution in [0.25, 0.3) is 0 Å². The number of hydrogen-bond acceptors (Lipinski definition) is 2. The van der Waals surface area contributed by atoms with E-state index < -0.39 is 0 Å². The normalized spacial score (nSPS) is 18.0. The van der Waals surface area contributed by atoms with Crippen LogP contribution in [0.5, 0.6) is 5.75 Å². The second kappa shape index (κ2) is 6.56. The molecule has 0 atom stereocenters. The molecule has 2 rings (SSSR count). The molecule has 1 aliphatic rings. The molecule has 0 N–H and O–H groups in total. The second-order valence-corrected chi connectivity index (χ2v) is 6.12. The van der Waals surface area contributed by atoms with E-state index in [4.69, 9.17) is 4.74 Å². The minimum Gasteiger partial charge on any atom is -0.493 e. The molecule has 1 fully saturated rings. The van der Waals surface area contributed by atoms with Gasteiger partial charge in [0.05, 0.1) is 6.61 Å². The van der Waals surface area contributed by atoms with Crippen molar-refractivity contribution in [3.8, 4) is 5.75 Å². The zero-order valence-electron chi connectivity index (χ0n) is 11.5. The molecule has 19 heavy (non-hydrogen) atoms. The maximum atomic E-state index is 11.2. The van der Waals surface area contributed by atoms with Crippen LogP contribution >= 0.6 is 15.9 Å². The summed E-state index contributed by atoms with van der Waals surface area (Å²) in [5, 5.41) is 1.01. The molecule has 0 unspecified atom stereocenters. The van der Waals surface area contributed by atoms with Crippen LogP contribution in [0.4, 0.5) is 0 Å². The average Bonchev–Trinajstić information content (AvgIpc) is 2.46. The fraction of sp³-hybridized carbons (Fsp3) is 0.562. The van der Waals surface area contributed by atoms with Crippen molar-refractivity contribution < 1.29 is 9.53 Å². The van der Waals surface area contributed by atoms with Crippen LogP contribution < -0.4 is 4.74 Å². The molecule has 1 saturated carbocycles. The summed E-state index contributed by atoms with van der Waals surface area (Å²) in [6.45, 7) is 2.34. The third kappa shape index (κ3) is 3.82. The highest BCUT2D eigenvalue weighted by Gasteiger charge is 2.31. The van der Waals surface area contributed by atoms with E-state index in [1.807, 2.05) is 24.3 Å². The fourth-order valence-corrected chi connectivity index (χ4v) is 3.36. The number of carbonyl (C=O) groups excluding carboxylic acids is 1. The Kier molecular flexibility index (Phi) is 5.03. The van der Waals surface area contributed by atoms with E-state index >= 15 is 0 Å². The zero-order valence-corrected chi connectivity index (χ0v) is 13.0. The van der Waals surface area contributed by atoms with Gasteiger partial charge in [0, 0.05) is 16.3 Å². The van der Waals surface area contributed by atoms with Crippen molar-refractivity contribution in [2.24, 2.45) is 5.41 Å². The molecule has 2 nitrogen and oxygen atoms in total. The highest BCUT2D eigenvalue weighted by atomic mass is 79.9. The van der Waals surface area contributed by atoms with Gasteiger partial charge in [-0.25, -0.2) is 0 Å². The maximum absolute atomic E-state index is 11.2. The third-order valence-electron chi connectivity index (χ3n) is 4.00. The largest absolute Gasteiger partial charge is 0.493 e. The Bertz CT molecular complexity index is 419. The molecule has 0 bridgehead atoms. The van der Waals surface area contributed by atoms with E-state index in [-0.39, 0.29) is 11.2 Å². The molecule has 3 heteroatoms. The molecule has 104 valence electrons. The van der Waals surface area contributed by atoms with Crippen LogP contribution in [0.3, 0.4) is 0 Å². The first-order chi connectivity index (χ1) is 9.15. The van der Waals surface area contributed by atoms with E-state index in [1.165, 1.54) is 32.1 Å². The van der Waals surface area contributed by atoms with Crippen molar-refractivity contribution in [1.82, 2.24) is 0 Å². The van der Waals surface area contributed by atoms with E-state index in [2.05, 4.69) is 15.9 Å². The van der Waals surface area contributed by atoms with Crippen molar-refractivity contribution in [2.45, 2.75) is 39.0 Å². The van der Waals surface area contributed by atoms with E-state index in [0.29, 0.717) is 0 Å².